The van der Waals surface area contributed by atoms with Crippen LogP contribution in [0.3, 0.4) is 0 Å². The molecule has 23 heteroatoms. The predicted octanol–water partition coefficient (Wildman–Crippen LogP) is -11.8. The molecule has 0 fully saturated rings. The Balaban J connectivity index is 0.000000264. The standard InChI is InChI=1S/2C6H10N4.C6H9N4.2ClHO4.Fe/c3*1-2-8-5(7-1)6-9-3-4-10-6;2*2-1(3,4)5;/h2*1-4H2,(H,7,8)(H,9,10);1-4H2,(H-,7,8,9,10);2*(H,2,3,4,5);/q;;-1;;;+3/p-2. The largest absolute Gasteiger partial charge is 3.00 e. The van der Waals surface area contributed by atoms with Gasteiger partial charge in [0.1, 0.15) is 5.84 Å². The fourth-order valence-corrected chi connectivity index (χ4v) is 3.29. The van der Waals surface area contributed by atoms with Crippen LogP contribution in [0.5, 0.6) is 0 Å². The molecule has 0 aromatic carbocycles. The van der Waals surface area contributed by atoms with Crippen LogP contribution in [0.15, 0.2) is 30.0 Å². The molecule has 0 aliphatic carbocycles. The van der Waals surface area contributed by atoms with Crippen LogP contribution in [-0.2, 0) is 17.1 Å². The molecule has 0 saturated heterocycles. The summed E-state index contributed by atoms with van der Waals surface area (Å²) in [5, 5.41) is 19.9. The van der Waals surface area contributed by atoms with Gasteiger partial charge < -0.3 is 36.9 Å². The molecule has 20 nitrogen and oxygen atoms in total. The van der Waals surface area contributed by atoms with Crippen molar-refractivity contribution in [3.63, 3.8) is 0 Å². The van der Waals surface area contributed by atoms with Crippen molar-refractivity contribution in [2.24, 2.45) is 30.0 Å². The molecule has 231 valence electrons. The van der Waals surface area contributed by atoms with Gasteiger partial charge >= 0.3 is 17.1 Å². The fraction of sp³-hybridized carbons (Fsp3) is 0.667. The van der Waals surface area contributed by atoms with Crippen LogP contribution < -0.4 is 63.9 Å². The van der Waals surface area contributed by atoms with E-state index >= 15 is 0 Å². The summed E-state index contributed by atoms with van der Waals surface area (Å²) in [6, 6.07) is 0. The van der Waals surface area contributed by atoms with Crippen molar-refractivity contribution in [2.45, 2.75) is 0 Å². The Morgan fingerprint density at radius 1 is 0.439 bits per heavy atom. The number of nitrogens with one attached hydrogen (secondary N) is 5. The third kappa shape index (κ3) is 17.9. The molecule has 0 unspecified atom stereocenters. The van der Waals surface area contributed by atoms with Crippen LogP contribution in [0.25, 0.3) is 5.32 Å². The first-order valence-corrected chi connectivity index (χ1v) is 14.2. The van der Waals surface area contributed by atoms with Crippen molar-refractivity contribution in [1.29, 1.82) is 0 Å². The first-order valence-electron chi connectivity index (χ1n) is 11.8. The summed E-state index contributed by atoms with van der Waals surface area (Å²) < 4.78 is 67.9. The van der Waals surface area contributed by atoms with Gasteiger partial charge in [-0.3, -0.25) is 25.0 Å². The third-order valence-electron chi connectivity index (χ3n) is 4.65. The van der Waals surface area contributed by atoms with Crippen LogP contribution in [0.4, 0.5) is 0 Å². The van der Waals surface area contributed by atoms with E-state index in [1.165, 1.54) is 0 Å². The zero-order chi connectivity index (χ0) is 29.4. The number of hydrogen-bond acceptors (Lipinski definition) is 19. The van der Waals surface area contributed by atoms with Crippen LogP contribution in [-0.4, -0.2) is 114 Å². The molecule has 0 spiro atoms. The average molecular weight is 668 g/mol. The first kappa shape index (κ1) is 36.6. The van der Waals surface area contributed by atoms with Crippen molar-refractivity contribution in [3.05, 3.63) is 5.32 Å². The van der Waals surface area contributed by atoms with Gasteiger partial charge in [-0.15, -0.1) is 20.5 Å². The molecule has 6 rings (SSSR count). The van der Waals surface area contributed by atoms with E-state index in [9.17, 15) is 0 Å². The van der Waals surface area contributed by atoms with Gasteiger partial charge in [0.25, 0.3) is 0 Å². The molecule has 5 N–H and O–H groups in total. The second kappa shape index (κ2) is 18.9. The maximum absolute atomic E-state index is 8.49. The van der Waals surface area contributed by atoms with E-state index in [1.54, 1.807) is 0 Å². The van der Waals surface area contributed by atoms with Gasteiger partial charge in [-0.1, -0.05) is 13.1 Å². The van der Waals surface area contributed by atoms with Crippen LogP contribution in [0.2, 0.25) is 0 Å². The molecule has 0 bridgehead atoms. The van der Waals surface area contributed by atoms with Crippen molar-refractivity contribution in [2.75, 3.05) is 78.5 Å². The number of amidine groups is 6. The molecule has 6 aliphatic heterocycles. The Morgan fingerprint density at radius 2 is 0.707 bits per heavy atom. The molecule has 41 heavy (non-hydrogen) atoms. The number of halogens is 2. The van der Waals surface area contributed by atoms with E-state index in [0.29, 0.717) is 0 Å². The van der Waals surface area contributed by atoms with Crippen molar-refractivity contribution >= 4 is 35.0 Å². The molecular formula is C18H29Cl2FeN12O8. The SMILES string of the molecule is C1CNC(C2=NCCN2)=N1.C1CNC(C2=NCCN2)=N1.C1C[N-]C(C2=NCCN2)=N1.[Fe+3].[O-][Cl+3]([O-])([O-])[O-].[O-][Cl+3]([O-])([O-])[O-]. The maximum atomic E-state index is 8.49. The Labute approximate surface area is 249 Å². The fourth-order valence-electron chi connectivity index (χ4n) is 3.29. The van der Waals surface area contributed by atoms with Gasteiger partial charge in [0.05, 0.1) is 32.7 Å². The Bertz CT molecular complexity index is 806. The Morgan fingerprint density at radius 3 is 0.902 bits per heavy atom. The minimum atomic E-state index is -4.94. The van der Waals surface area contributed by atoms with Gasteiger partial charge in [0.15, 0.2) is 23.3 Å². The summed E-state index contributed by atoms with van der Waals surface area (Å²) >= 11 is 0. The molecular weight excluding hydrogens is 639 g/mol. The maximum Gasteiger partial charge on any atom is 3.00 e. The second-order valence-electron chi connectivity index (χ2n) is 7.63. The summed E-state index contributed by atoms with van der Waals surface area (Å²) in [6.45, 7) is 10.8. The molecule has 6 heterocycles. The monoisotopic (exact) mass is 667 g/mol. The van der Waals surface area contributed by atoms with Gasteiger partial charge in [0.2, 0.25) is 0 Å². The molecule has 0 amide bonds. The molecule has 1 radical (unpaired) electrons. The van der Waals surface area contributed by atoms with E-state index in [0.717, 1.165) is 114 Å². The van der Waals surface area contributed by atoms with Gasteiger partial charge in [0, 0.05) is 32.7 Å². The number of rotatable bonds is 3. The van der Waals surface area contributed by atoms with Crippen LogP contribution >= 0.6 is 0 Å². The van der Waals surface area contributed by atoms with Gasteiger partial charge in [-0.25, -0.2) is 37.3 Å². The smallest absolute Gasteiger partial charge is 0.463 e. The van der Waals surface area contributed by atoms with E-state index in [2.05, 4.69) is 61.9 Å². The third-order valence-corrected chi connectivity index (χ3v) is 4.65. The van der Waals surface area contributed by atoms with Crippen LogP contribution in [0.1, 0.15) is 0 Å². The van der Waals surface area contributed by atoms with Crippen molar-refractivity contribution < 1.29 is 74.8 Å². The summed E-state index contributed by atoms with van der Waals surface area (Å²) in [4.78, 5) is 25.3. The molecule has 6 aliphatic rings. The quantitative estimate of drug-likeness (QED) is 0.175. The van der Waals surface area contributed by atoms with E-state index in [-0.39, 0.29) is 17.1 Å². The van der Waals surface area contributed by atoms with E-state index in [4.69, 9.17) is 37.3 Å². The molecule has 0 saturated carbocycles. The second-order valence-corrected chi connectivity index (χ2v) is 9.14. The minimum Gasteiger partial charge on any atom is -0.463 e. The van der Waals surface area contributed by atoms with Crippen molar-refractivity contribution in [1.82, 2.24) is 26.6 Å². The summed E-state index contributed by atoms with van der Waals surface area (Å²) in [5.41, 5.74) is 0. The zero-order valence-corrected chi connectivity index (χ0v) is 24.1. The number of aliphatic imine (C=N–C) groups is 6. The molecule has 0 aromatic heterocycles. The Hall–Kier alpha value is -2.40. The van der Waals surface area contributed by atoms with Crippen LogP contribution in [0, 0.1) is 20.5 Å². The minimum absolute atomic E-state index is 0. The summed E-state index contributed by atoms with van der Waals surface area (Å²) in [5.74, 6) is 5.47. The zero-order valence-electron chi connectivity index (χ0n) is 21.5. The molecule has 0 atom stereocenters. The van der Waals surface area contributed by atoms with E-state index < -0.39 is 20.5 Å². The summed E-state index contributed by atoms with van der Waals surface area (Å²) in [6.07, 6.45) is 0. The average Bonchev–Trinajstić information content (AvgIpc) is 3.73. The summed E-state index contributed by atoms with van der Waals surface area (Å²) in [7, 11) is -9.89. The normalized spacial score (nSPS) is 19.9. The first-order chi connectivity index (χ1) is 18.9. The number of nitrogens with zero attached hydrogens (tertiary/aromatic N) is 7. The number of hydrogen-bond donors (Lipinski definition) is 5. The van der Waals surface area contributed by atoms with E-state index in [1.807, 2.05) is 0 Å². The molecule has 0 aromatic rings. The topological polar surface area (TPSA) is 333 Å². The van der Waals surface area contributed by atoms with Crippen molar-refractivity contribution in [3.8, 4) is 0 Å². The van der Waals surface area contributed by atoms with Gasteiger partial charge in [-0.2, -0.15) is 0 Å². The Kier molecular flexibility index (Phi) is 16.9. The van der Waals surface area contributed by atoms with Gasteiger partial charge in [-0.05, 0) is 5.84 Å². The predicted molar refractivity (Wildman–Crippen MR) is 122 cm³/mol.